The van der Waals surface area contributed by atoms with Crippen molar-refractivity contribution in [3.8, 4) is 0 Å². The zero-order chi connectivity index (χ0) is 12.8. The summed E-state index contributed by atoms with van der Waals surface area (Å²) in [6, 6.07) is 6.46. The summed E-state index contributed by atoms with van der Waals surface area (Å²) in [5, 5.41) is 16.2. The molecule has 1 aliphatic carbocycles. The molecular weight excluding hydrogens is 226 g/mol. The molecule has 0 bridgehead atoms. The topological polar surface area (TPSA) is 57.2 Å². The molecule has 1 fully saturated rings. The third-order valence-corrected chi connectivity index (χ3v) is 3.35. The van der Waals surface area contributed by atoms with E-state index in [2.05, 4.69) is 22.5 Å². The monoisotopic (exact) mass is 249 g/mol. The van der Waals surface area contributed by atoms with E-state index in [9.17, 15) is 5.11 Å². The number of aromatic nitrogens is 1. The molecule has 0 saturated heterocycles. The normalized spacial score (nSPS) is 23.7. The molecule has 1 saturated carbocycles. The fraction of sp³-hybridized carbons (Fsp3) is 0.643. The van der Waals surface area contributed by atoms with Crippen molar-refractivity contribution in [2.45, 2.75) is 51.2 Å². The average Bonchev–Trinajstić information content (AvgIpc) is 2.40. The van der Waals surface area contributed by atoms with Crippen LogP contribution in [0, 0.1) is 0 Å². The summed E-state index contributed by atoms with van der Waals surface area (Å²) < 4.78 is 0. The minimum Gasteiger partial charge on any atom is -0.393 e. The number of nitrogens with one attached hydrogen (secondary N) is 2. The lowest BCUT2D eigenvalue weighted by Crippen LogP contribution is -2.28. The van der Waals surface area contributed by atoms with Gasteiger partial charge in [0.1, 0.15) is 11.6 Å². The summed E-state index contributed by atoms with van der Waals surface area (Å²) in [4.78, 5) is 4.54. The van der Waals surface area contributed by atoms with Crippen molar-refractivity contribution in [1.82, 2.24) is 4.98 Å². The number of nitrogens with zero attached hydrogens (tertiary/aromatic N) is 1. The molecule has 2 rings (SSSR count). The van der Waals surface area contributed by atoms with Crippen LogP contribution >= 0.6 is 0 Å². The van der Waals surface area contributed by atoms with Crippen LogP contribution < -0.4 is 10.6 Å². The molecule has 0 aliphatic heterocycles. The van der Waals surface area contributed by atoms with E-state index in [1.807, 2.05) is 18.2 Å². The largest absolute Gasteiger partial charge is 0.393 e. The second kappa shape index (κ2) is 6.59. The minimum absolute atomic E-state index is 0.103. The molecule has 0 spiro atoms. The van der Waals surface area contributed by atoms with E-state index in [4.69, 9.17) is 0 Å². The van der Waals surface area contributed by atoms with Crippen molar-refractivity contribution >= 4 is 11.6 Å². The summed E-state index contributed by atoms with van der Waals surface area (Å²) in [5.41, 5.74) is 0. The van der Waals surface area contributed by atoms with Crippen molar-refractivity contribution in [2.24, 2.45) is 0 Å². The zero-order valence-electron chi connectivity index (χ0n) is 11.0. The molecule has 1 aromatic rings. The molecule has 18 heavy (non-hydrogen) atoms. The first-order chi connectivity index (χ1) is 8.78. The Balaban J connectivity index is 1.88. The summed E-state index contributed by atoms with van der Waals surface area (Å²) in [6.07, 6.45) is 4.83. The van der Waals surface area contributed by atoms with Crippen molar-refractivity contribution in [3.63, 3.8) is 0 Å². The van der Waals surface area contributed by atoms with Crippen LogP contribution in [0.15, 0.2) is 18.2 Å². The second-order valence-corrected chi connectivity index (χ2v) is 4.98. The molecule has 4 nitrogen and oxygen atoms in total. The van der Waals surface area contributed by atoms with Gasteiger partial charge in [-0.3, -0.25) is 0 Å². The first-order valence-electron chi connectivity index (χ1n) is 6.93. The van der Waals surface area contributed by atoms with Gasteiger partial charge in [0.2, 0.25) is 0 Å². The molecule has 1 heterocycles. The van der Waals surface area contributed by atoms with Crippen molar-refractivity contribution in [2.75, 3.05) is 17.2 Å². The molecule has 0 unspecified atom stereocenters. The Labute approximate surface area is 109 Å². The van der Waals surface area contributed by atoms with Gasteiger partial charge in [0.25, 0.3) is 0 Å². The molecule has 1 aromatic heterocycles. The van der Waals surface area contributed by atoms with Crippen LogP contribution in [0.3, 0.4) is 0 Å². The number of aliphatic hydroxyl groups excluding tert-OH is 1. The predicted molar refractivity (Wildman–Crippen MR) is 74.9 cm³/mol. The molecule has 100 valence electrons. The number of hydrogen-bond donors (Lipinski definition) is 3. The molecule has 1 aliphatic rings. The third-order valence-electron chi connectivity index (χ3n) is 3.35. The molecule has 0 aromatic carbocycles. The lowest BCUT2D eigenvalue weighted by molar-refractivity contribution is 0.126. The van der Waals surface area contributed by atoms with E-state index in [1.54, 1.807) is 0 Å². The number of pyridine rings is 1. The maximum absolute atomic E-state index is 9.48. The van der Waals surface area contributed by atoms with E-state index < -0.39 is 0 Å². The Hall–Kier alpha value is -1.29. The van der Waals surface area contributed by atoms with Gasteiger partial charge in [-0.25, -0.2) is 4.98 Å². The zero-order valence-corrected chi connectivity index (χ0v) is 11.0. The van der Waals surface area contributed by atoms with Crippen LogP contribution in [0.25, 0.3) is 0 Å². The van der Waals surface area contributed by atoms with Crippen molar-refractivity contribution in [1.29, 1.82) is 0 Å². The van der Waals surface area contributed by atoms with Gasteiger partial charge < -0.3 is 15.7 Å². The molecule has 0 radical (unpaired) electrons. The number of hydrogen-bond acceptors (Lipinski definition) is 4. The summed E-state index contributed by atoms with van der Waals surface area (Å²) in [6.45, 7) is 3.09. The minimum atomic E-state index is -0.103. The van der Waals surface area contributed by atoms with E-state index in [-0.39, 0.29) is 6.10 Å². The quantitative estimate of drug-likeness (QED) is 0.751. The predicted octanol–water partition coefficient (Wildman–Crippen LogP) is 2.62. The number of anilines is 2. The fourth-order valence-corrected chi connectivity index (χ4v) is 2.30. The standard InChI is InChI=1S/C14H23N3O/c1-2-10-15-13-4-3-5-14(17-13)16-11-6-8-12(18)9-7-11/h3-5,11-12,18H,2,6-10H2,1H3,(H2,15,16,17). The number of aliphatic hydroxyl groups is 1. The van der Waals surface area contributed by atoms with E-state index in [1.165, 1.54) is 0 Å². The highest BCUT2D eigenvalue weighted by atomic mass is 16.3. The average molecular weight is 249 g/mol. The highest BCUT2D eigenvalue weighted by molar-refractivity contribution is 5.45. The van der Waals surface area contributed by atoms with Gasteiger partial charge in [-0.15, -0.1) is 0 Å². The molecule has 0 amide bonds. The number of rotatable bonds is 5. The third kappa shape index (κ3) is 3.88. The SMILES string of the molecule is CCCNc1cccc(NC2CCC(O)CC2)n1. The Morgan fingerprint density at radius 1 is 1.22 bits per heavy atom. The highest BCUT2D eigenvalue weighted by Gasteiger charge is 2.19. The van der Waals surface area contributed by atoms with Gasteiger partial charge >= 0.3 is 0 Å². The Kier molecular flexibility index (Phi) is 4.81. The van der Waals surface area contributed by atoms with Gasteiger partial charge in [-0.1, -0.05) is 13.0 Å². The Morgan fingerprint density at radius 2 is 1.94 bits per heavy atom. The molecule has 4 heteroatoms. The highest BCUT2D eigenvalue weighted by Crippen LogP contribution is 2.21. The molecular formula is C14H23N3O. The second-order valence-electron chi connectivity index (χ2n) is 4.98. The summed E-state index contributed by atoms with van der Waals surface area (Å²) in [5.74, 6) is 1.86. The first kappa shape index (κ1) is 13.1. The van der Waals surface area contributed by atoms with E-state index in [0.717, 1.165) is 50.3 Å². The Bertz CT molecular complexity index is 362. The lowest BCUT2D eigenvalue weighted by atomic mass is 9.93. The van der Waals surface area contributed by atoms with Crippen molar-refractivity contribution < 1.29 is 5.11 Å². The molecule has 0 atom stereocenters. The van der Waals surface area contributed by atoms with Crippen LogP contribution in [0.4, 0.5) is 11.6 Å². The summed E-state index contributed by atoms with van der Waals surface area (Å²) in [7, 11) is 0. The Morgan fingerprint density at radius 3 is 2.67 bits per heavy atom. The summed E-state index contributed by atoms with van der Waals surface area (Å²) >= 11 is 0. The maximum atomic E-state index is 9.48. The van der Waals surface area contributed by atoms with Gasteiger partial charge in [0.15, 0.2) is 0 Å². The van der Waals surface area contributed by atoms with Gasteiger partial charge in [-0.05, 0) is 44.2 Å². The van der Waals surface area contributed by atoms with Crippen molar-refractivity contribution in [3.05, 3.63) is 18.2 Å². The van der Waals surface area contributed by atoms with Gasteiger partial charge in [0, 0.05) is 12.6 Å². The van der Waals surface area contributed by atoms with Gasteiger partial charge in [-0.2, -0.15) is 0 Å². The van der Waals surface area contributed by atoms with Crippen LogP contribution in [-0.2, 0) is 0 Å². The lowest BCUT2D eigenvalue weighted by Gasteiger charge is -2.26. The first-order valence-corrected chi connectivity index (χ1v) is 6.93. The van der Waals surface area contributed by atoms with Crippen LogP contribution in [0.2, 0.25) is 0 Å². The smallest absolute Gasteiger partial charge is 0.128 e. The van der Waals surface area contributed by atoms with Gasteiger partial charge in [0.05, 0.1) is 6.10 Å². The van der Waals surface area contributed by atoms with Crippen LogP contribution in [0.5, 0.6) is 0 Å². The van der Waals surface area contributed by atoms with E-state index in [0.29, 0.717) is 6.04 Å². The van der Waals surface area contributed by atoms with Crippen LogP contribution in [0.1, 0.15) is 39.0 Å². The molecule has 3 N–H and O–H groups in total. The van der Waals surface area contributed by atoms with E-state index >= 15 is 0 Å². The van der Waals surface area contributed by atoms with Crippen LogP contribution in [-0.4, -0.2) is 28.8 Å². The maximum Gasteiger partial charge on any atom is 0.128 e. The fourth-order valence-electron chi connectivity index (χ4n) is 2.30.